The Hall–Kier alpha value is -2.37. The molecule has 2 aromatic rings. The molecule has 2 aromatic heterocycles. The van der Waals surface area contributed by atoms with Crippen LogP contribution in [0.15, 0.2) is 22.7 Å². The summed E-state index contributed by atoms with van der Waals surface area (Å²) < 4.78 is 5.08. The maximum Gasteiger partial charge on any atom is 0.335 e. The minimum atomic E-state index is -0.955. The molecule has 0 radical (unpaired) electrons. The van der Waals surface area contributed by atoms with Gasteiger partial charge in [-0.25, -0.2) is 9.78 Å². The second-order valence-corrected chi connectivity index (χ2v) is 4.58. The Bertz CT molecular complexity index is 607. The number of hydrogen-bond acceptors (Lipinski definition) is 5. The molecule has 0 fully saturated rings. The molecule has 106 valence electrons. The molecule has 0 unspecified atom stereocenters. The Labute approximate surface area is 116 Å². The van der Waals surface area contributed by atoms with Crippen LogP contribution in [0.5, 0.6) is 0 Å². The molecular weight excluding hydrogens is 258 g/mol. The first-order valence-corrected chi connectivity index (χ1v) is 6.49. The zero-order valence-electron chi connectivity index (χ0n) is 11.5. The third-order valence-corrected chi connectivity index (χ3v) is 2.75. The number of nitrogens with one attached hydrogen (secondary N) is 1. The van der Waals surface area contributed by atoms with E-state index in [0.717, 1.165) is 24.2 Å². The average molecular weight is 275 g/mol. The fourth-order valence-corrected chi connectivity index (χ4v) is 1.86. The molecule has 6 heteroatoms. The Kier molecular flexibility index (Phi) is 4.34. The van der Waals surface area contributed by atoms with Crippen LogP contribution in [0.2, 0.25) is 0 Å². The molecule has 0 bridgehead atoms. The van der Waals surface area contributed by atoms with Crippen LogP contribution < -0.4 is 5.32 Å². The van der Waals surface area contributed by atoms with Crippen molar-refractivity contribution in [3.63, 3.8) is 0 Å². The Balaban J connectivity index is 2.15. The molecule has 0 aliphatic heterocycles. The average Bonchev–Trinajstić information content (AvgIpc) is 2.82. The lowest BCUT2D eigenvalue weighted by Crippen LogP contribution is -2.06. The number of nitrogens with zero attached hydrogens (tertiary/aromatic N) is 2. The lowest BCUT2D eigenvalue weighted by Gasteiger charge is -2.07. The van der Waals surface area contributed by atoms with Gasteiger partial charge >= 0.3 is 5.97 Å². The van der Waals surface area contributed by atoms with E-state index in [-0.39, 0.29) is 5.56 Å². The highest BCUT2D eigenvalue weighted by Crippen LogP contribution is 2.14. The molecule has 0 aliphatic carbocycles. The van der Waals surface area contributed by atoms with Crippen molar-refractivity contribution < 1.29 is 14.4 Å². The van der Waals surface area contributed by atoms with Gasteiger partial charge in [-0.1, -0.05) is 18.5 Å². The molecule has 2 N–H and O–H groups in total. The molecule has 6 nitrogen and oxygen atoms in total. The van der Waals surface area contributed by atoms with Gasteiger partial charge < -0.3 is 14.9 Å². The smallest absolute Gasteiger partial charge is 0.335 e. The fourth-order valence-electron chi connectivity index (χ4n) is 1.86. The lowest BCUT2D eigenvalue weighted by molar-refractivity contribution is 0.0696. The molecule has 0 spiro atoms. The summed E-state index contributed by atoms with van der Waals surface area (Å²) in [5, 5.41) is 16.0. The van der Waals surface area contributed by atoms with Crippen molar-refractivity contribution >= 4 is 11.8 Å². The molecule has 0 aromatic carbocycles. The quantitative estimate of drug-likeness (QED) is 0.842. The van der Waals surface area contributed by atoms with E-state index in [1.54, 1.807) is 6.07 Å². The first-order chi connectivity index (χ1) is 9.58. The van der Waals surface area contributed by atoms with Crippen molar-refractivity contribution in [3.05, 3.63) is 40.9 Å². The third kappa shape index (κ3) is 3.57. The van der Waals surface area contributed by atoms with Crippen LogP contribution in [0.3, 0.4) is 0 Å². The van der Waals surface area contributed by atoms with E-state index in [0.29, 0.717) is 18.1 Å². The van der Waals surface area contributed by atoms with E-state index in [1.807, 2.05) is 19.9 Å². The Morgan fingerprint density at radius 2 is 2.20 bits per heavy atom. The van der Waals surface area contributed by atoms with E-state index in [4.69, 9.17) is 9.63 Å². The summed E-state index contributed by atoms with van der Waals surface area (Å²) in [6.07, 6.45) is 1.66. The molecule has 0 atom stereocenters. The summed E-state index contributed by atoms with van der Waals surface area (Å²) in [6.45, 7) is 4.29. The van der Waals surface area contributed by atoms with Gasteiger partial charge in [-0.2, -0.15) is 0 Å². The van der Waals surface area contributed by atoms with Gasteiger partial charge in [0.2, 0.25) is 0 Å². The highest BCUT2D eigenvalue weighted by atomic mass is 16.5. The molecule has 0 aliphatic rings. The van der Waals surface area contributed by atoms with Crippen molar-refractivity contribution in [2.75, 3.05) is 5.32 Å². The summed E-state index contributed by atoms with van der Waals surface area (Å²) in [5.74, 6) is 0.257. The number of hydrogen-bond donors (Lipinski definition) is 2. The van der Waals surface area contributed by atoms with E-state index >= 15 is 0 Å². The van der Waals surface area contributed by atoms with Crippen LogP contribution in [0.25, 0.3) is 0 Å². The molecule has 20 heavy (non-hydrogen) atoms. The summed E-state index contributed by atoms with van der Waals surface area (Å²) >= 11 is 0. The topological polar surface area (TPSA) is 88.2 Å². The van der Waals surface area contributed by atoms with Crippen molar-refractivity contribution in [2.24, 2.45) is 0 Å². The lowest BCUT2D eigenvalue weighted by atomic mass is 10.1. The molecular formula is C14H17N3O3. The summed E-state index contributed by atoms with van der Waals surface area (Å²) in [5.41, 5.74) is 1.81. The summed E-state index contributed by atoms with van der Waals surface area (Å²) in [4.78, 5) is 15.5. The second kappa shape index (κ2) is 6.18. The van der Waals surface area contributed by atoms with E-state index < -0.39 is 5.97 Å². The minimum absolute atomic E-state index is 0.236. The van der Waals surface area contributed by atoms with E-state index in [9.17, 15) is 4.79 Å². The number of carboxylic acid groups (broad SMARTS) is 1. The van der Waals surface area contributed by atoms with E-state index in [2.05, 4.69) is 15.5 Å². The second-order valence-electron chi connectivity index (χ2n) is 4.58. The van der Waals surface area contributed by atoms with Crippen LogP contribution >= 0.6 is 0 Å². The molecule has 0 saturated carbocycles. The van der Waals surface area contributed by atoms with Gasteiger partial charge in [-0.15, -0.1) is 0 Å². The molecule has 2 heterocycles. The van der Waals surface area contributed by atoms with Gasteiger partial charge in [0.1, 0.15) is 5.82 Å². The predicted molar refractivity (Wildman–Crippen MR) is 73.8 cm³/mol. The predicted octanol–water partition coefficient (Wildman–Crippen LogP) is 2.64. The van der Waals surface area contributed by atoms with Crippen LogP contribution in [0.4, 0.5) is 5.82 Å². The monoisotopic (exact) mass is 275 g/mol. The van der Waals surface area contributed by atoms with Crippen molar-refractivity contribution in [1.29, 1.82) is 0 Å². The Morgan fingerprint density at radius 3 is 2.80 bits per heavy atom. The first kappa shape index (κ1) is 14.0. The summed E-state index contributed by atoms with van der Waals surface area (Å²) in [6, 6.07) is 4.95. The van der Waals surface area contributed by atoms with Crippen LogP contribution in [0.1, 0.15) is 40.9 Å². The highest BCUT2D eigenvalue weighted by Gasteiger charge is 2.09. The van der Waals surface area contributed by atoms with Gasteiger partial charge in [0.05, 0.1) is 17.8 Å². The number of aryl methyl sites for hydroxylation is 2. The minimum Gasteiger partial charge on any atom is -0.478 e. The van der Waals surface area contributed by atoms with Gasteiger partial charge in [0, 0.05) is 11.8 Å². The van der Waals surface area contributed by atoms with E-state index in [1.165, 1.54) is 6.07 Å². The fraction of sp³-hybridized carbons (Fsp3) is 0.357. The number of aromatic carboxylic acids is 1. The third-order valence-electron chi connectivity index (χ3n) is 2.75. The molecule has 0 amide bonds. The van der Waals surface area contributed by atoms with Crippen molar-refractivity contribution in [2.45, 2.75) is 33.2 Å². The maximum atomic E-state index is 11.1. The number of anilines is 1. The van der Waals surface area contributed by atoms with Gasteiger partial charge in [0.25, 0.3) is 0 Å². The van der Waals surface area contributed by atoms with Crippen LogP contribution in [0, 0.1) is 6.92 Å². The highest BCUT2D eigenvalue weighted by molar-refractivity contribution is 5.88. The van der Waals surface area contributed by atoms with Gasteiger partial charge in [0.15, 0.2) is 5.76 Å². The maximum absolute atomic E-state index is 11.1. The zero-order valence-corrected chi connectivity index (χ0v) is 11.5. The number of pyridine rings is 1. The van der Waals surface area contributed by atoms with Crippen LogP contribution in [-0.4, -0.2) is 21.2 Å². The van der Waals surface area contributed by atoms with Gasteiger partial charge in [-0.05, 0) is 25.5 Å². The standard InChI is InChI=1S/C14H17N3O3/c1-3-4-11-6-10(14(18)19)7-13(16-11)15-8-12-5-9(2)17-20-12/h5-7H,3-4,8H2,1-2H3,(H,15,16)(H,18,19). The van der Waals surface area contributed by atoms with Crippen molar-refractivity contribution in [1.82, 2.24) is 10.1 Å². The number of carboxylic acids is 1. The molecule has 2 rings (SSSR count). The van der Waals surface area contributed by atoms with Crippen molar-refractivity contribution in [3.8, 4) is 0 Å². The largest absolute Gasteiger partial charge is 0.478 e. The van der Waals surface area contributed by atoms with Gasteiger partial charge in [-0.3, -0.25) is 0 Å². The summed E-state index contributed by atoms with van der Waals surface area (Å²) in [7, 11) is 0. The number of aromatic nitrogens is 2. The zero-order chi connectivity index (χ0) is 14.5. The first-order valence-electron chi connectivity index (χ1n) is 6.49. The SMILES string of the molecule is CCCc1cc(C(=O)O)cc(NCc2cc(C)no2)n1. The molecule has 0 saturated heterocycles. The number of carbonyl (C=O) groups is 1. The van der Waals surface area contributed by atoms with Crippen LogP contribution in [-0.2, 0) is 13.0 Å². The Morgan fingerprint density at radius 1 is 1.40 bits per heavy atom. The number of rotatable bonds is 6. The normalized spacial score (nSPS) is 10.5.